The molecule has 1 N–H and O–H groups in total. The summed E-state index contributed by atoms with van der Waals surface area (Å²) >= 11 is 3.32. The average Bonchev–Trinajstić information content (AvgIpc) is 2.85. The van der Waals surface area contributed by atoms with Gasteiger partial charge in [0.15, 0.2) is 0 Å². The van der Waals surface area contributed by atoms with Crippen LogP contribution in [0.5, 0.6) is 0 Å². The first-order chi connectivity index (χ1) is 8.63. The Morgan fingerprint density at radius 3 is 2.67 bits per heavy atom. The molecule has 1 heterocycles. The lowest BCUT2D eigenvalue weighted by atomic mass is 10.0. The number of nitrogens with one attached hydrogen (secondary N) is 1. The average molecular weight is 315 g/mol. The molecular weight excluding hydrogens is 296 g/mol. The highest BCUT2D eigenvalue weighted by atomic mass is 79.9. The van der Waals surface area contributed by atoms with Gasteiger partial charge in [-0.2, -0.15) is 0 Å². The molecule has 0 saturated heterocycles. The Morgan fingerprint density at radius 2 is 2.11 bits per heavy atom. The maximum absolute atomic E-state index is 12.0. The maximum atomic E-state index is 12.0. The molecule has 0 aliphatic heterocycles. The largest absolute Gasteiger partial charge is 0.370 e. The summed E-state index contributed by atoms with van der Waals surface area (Å²) in [7, 11) is 1.70. The Hall–Kier alpha value is -0.680. The molecule has 1 aromatic heterocycles. The third-order valence-electron chi connectivity index (χ3n) is 3.65. The van der Waals surface area contributed by atoms with Crippen LogP contribution < -0.4 is 5.56 Å². The van der Waals surface area contributed by atoms with Crippen molar-refractivity contribution >= 4 is 15.9 Å². The molecule has 0 bridgehead atoms. The fraction of sp³-hybridized carbons (Fsp3) is 0.692. The molecule has 0 spiro atoms. The van der Waals surface area contributed by atoms with E-state index in [0.29, 0.717) is 10.3 Å². The standard InChI is InChI=1S/C13H19BrN2O2/c1-3-6-9-10(14)11(17)16-12(15-9)13(18-2)7-4-5-8-13/h3-8H2,1-2H3,(H,15,16,17). The summed E-state index contributed by atoms with van der Waals surface area (Å²) in [5, 5.41) is 0. The van der Waals surface area contributed by atoms with Crippen molar-refractivity contribution in [3.05, 3.63) is 26.3 Å². The number of aromatic amines is 1. The molecule has 0 amide bonds. The van der Waals surface area contributed by atoms with E-state index in [9.17, 15) is 4.79 Å². The second-order valence-corrected chi connectivity index (χ2v) is 5.62. The Kier molecular flexibility index (Phi) is 4.22. The van der Waals surface area contributed by atoms with E-state index in [1.165, 1.54) is 0 Å². The highest BCUT2D eigenvalue weighted by Crippen LogP contribution is 2.39. The number of hydrogen-bond donors (Lipinski definition) is 1. The SMILES string of the molecule is CCCc1nc(C2(OC)CCCC2)[nH]c(=O)c1Br. The normalized spacial score (nSPS) is 18.2. The van der Waals surface area contributed by atoms with E-state index in [1.54, 1.807) is 7.11 Å². The van der Waals surface area contributed by atoms with E-state index >= 15 is 0 Å². The zero-order chi connectivity index (χ0) is 13.2. The second kappa shape index (κ2) is 5.53. The minimum atomic E-state index is -0.387. The van der Waals surface area contributed by atoms with Gasteiger partial charge in [0.2, 0.25) is 0 Å². The van der Waals surface area contributed by atoms with Gasteiger partial charge in [0, 0.05) is 7.11 Å². The molecule has 0 atom stereocenters. The number of rotatable bonds is 4. The van der Waals surface area contributed by atoms with Crippen LogP contribution in [0.2, 0.25) is 0 Å². The van der Waals surface area contributed by atoms with Crippen LogP contribution in [0.1, 0.15) is 50.5 Å². The van der Waals surface area contributed by atoms with Crippen molar-refractivity contribution < 1.29 is 4.74 Å². The van der Waals surface area contributed by atoms with Gasteiger partial charge in [0.1, 0.15) is 15.9 Å². The number of halogens is 1. The number of ether oxygens (including phenoxy) is 1. The fourth-order valence-electron chi connectivity index (χ4n) is 2.61. The molecule has 1 saturated carbocycles. The molecule has 0 aromatic carbocycles. The Morgan fingerprint density at radius 1 is 1.44 bits per heavy atom. The summed E-state index contributed by atoms with van der Waals surface area (Å²) in [6.07, 6.45) is 5.87. The van der Waals surface area contributed by atoms with Gasteiger partial charge in [-0.25, -0.2) is 4.98 Å². The van der Waals surface area contributed by atoms with E-state index in [-0.39, 0.29) is 11.2 Å². The number of aryl methyl sites for hydroxylation is 1. The molecule has 1 aliphatic carbocycles. The predicted octanol–water partition coefficient (Wildman–Crippen LogP) is 2.90. The second-order valence-electron chi connectivity index (χ2n) is 4.83. The molecule has 18 heavy (non-hydrogen) atoms. The van der Waals surface area contributed by atoms with Crippen LogP contribution in [-0.4, -0.2) is 17.1 Å². The summed E-state index contributed by atoms with van der Waals surface area (Å²) in [4.78, 5) is 19.4. The van der Waals surface area contributed by atoms with Crippen molar-refractivity contribution in [3.8, 4) is 0 Å². The molecule has 2 rings (SSSR count). The van der Waals surface area contributed by atoms with Gasteiger partial charge in [-0.05, 0) is 48.0 Å². The zero-order valence-electron chi connectivity index (χ0n) is 10.9. The van der Waals surface area contributed by atoms with Gasteiger partial charge in [-0.3, -0.25) is 4.79 Å². The monoisotopic (exact) mass is 314 g/mol. The zero-order valence-corrected chi connectivity index (χ0v) is 12.5. The first-order valence-corrected chi connectivity index (χ1v) is 7.26. The number of aromatic nitrogens is 2. The summed E-state index contributed by atoms with van der Waals surface area (Å²) in [6, 6.07) is 0. The topological polar surface area (TPSA) is 55.0 Å². The van der Waals surface area contributed by atoms with Crippen molar-refractivity contribution in [1.29, 1.82) is 0 Å². The van der Waals surface area contributed by atoms with Crippen LogP contribution in [0.4, 0.5) is 0 Å². The highest BCUT2D eigenvalue weighted by molar-refractivity contribution is 9.10. The van der Waals surface area contributed by atoms with E-state index in [2.05, 4.69) is 32.8 Å². The molecule has 0 unspecified atom stereocenters. The highest BCUT2D eigenvalue weighted by Gasteiger charge is 2.38. The number of nitrogens with zero attached hydrogens (tertiary/aromatic N) is 1. The fourth-order valence-corrected chi connectivity index (χ4v) is 2.99. The molecule has 1 aromatic rings. The summed E-state index contributed by atoms with van der Waals surface area (Å²) in [5.74, 6) is 0.694. The third-order valence-corrected chi connectivity index (χ3v) is 4.47. The molecule has 0 radical (unpaired) electrons. The summed E-state index contributed by atoms with van der Waals surface area (Å²) in [5.41, 5.74) is 0.342. The van der Waals surface area contributed by atoms with Crippen LogP contribution in [0.15, 0.2) is 9.27 Å². The van der Waals surface area contributed by atoms with Gasteiger partial charge in [-0.15, -0.1) is 0 Å². The molecule has 1 fully saturated rings. The van der Waals surface area contributed by atoms with E-state index < -0.39 is 0 Å². The molecular formula is C13H19BrN2O2. The van der Waals surface area contributed by atoms with Crippen LogP contribution in [0, 0.1) is 0 Å². The maximum Gasteiger partial charge on any atom is 0.265 e. The van der Waals surface area contributed by atoms with Gasteiger partial charge in [0.25, 0.3) is 5.56 Å². The minimum absolute atomic E-state index is 0.105. The van der Waals surface area contributed by atoms with Gasteiger partial charge >= 0.3 is 0 Å². The lowest BCUT2D eigenvalue weighted by molar-refractivity contribution is -0.0167. The number of hydrogen-bond acceptors (Lipinski definition) is 3. The lowest BCUT2D eigenvalue weighted by Crippen LogP contribution is -2.31. The quantitative estimate of drug-likeness (QED) is 0.929. The first-order valence-electron chi connectivity index (χ1n) is 6.47. The summed E-state index contributed by atoms with van der Waals surface area (Å²) in [6.45, 7) is 2.08. The van der Waals surface area contributed by atoms with Crippen molar-refractivity contribution in [2.75, 3.05) is 7.11 Å². The lowest BCUT2D eigenvalue weighted by Gasteiger charge is -2.26. The van der Waals surface area contributed by atoms with Crippen LogP contribution in [0.3, 0.4) is 0 Å². The van der Waals surface area contributed by atoms with Gasteiger partial charge in [0.05, 0.1) is 5.69 Å². The van der Waals surface area contributed by atoms with E-state index in [1.807, 2.05) is 0 Å². The van der Waals surface area contributed by atoms with Crippen molar-refractivity contribution in [2.24, 2.45) is 0 Å². The van der Waals surface area contributed by atoms with Crippen molar-refractivity contribution in [3.63, 3.8) is 0 Å². The Labute approximate surface area is 115 Å². The summed E-state index contributed by atoms with van der Waals surface area (Å²) < 4.78 is 6.22. The van der Waals surface area contributed by atoms with Gasteiger partial charge < -0.3 is 9.72 Å². The Balaban J connectivity index is 2.47. The van der Waals surface area contributed by atoms with Crippen LogP contribution >= 0.6 is 15.9 Å². The van der Waals surface area contributed by atoms with E-state index in [0.717, 1.165) is 44.2 Å². The van der Waals surface area contributed by atoms with Crippen molar-refractivity contribution in [1.82, 2.24) is 9.97 Å². The smallest absolute Gasteiger partial charge is 0.265 e. The van der Waals surface area contributed by atoms with E-state index in [4.69, 9.17) is 4.74 Å². The predicted molar refractivity (Wildman–Crippen MR) is 73.7 cm³/mol. The number of H-pyrrole nitrogens is 1. The Bertz CT molecular complexity index is 478. The molecule has 4 nitrogen and oxygen atoms in total. The van der Waals surface area contributed by atoms with Crippen LogP contribution in [-0.2, 0) is 16.8 Å². The van der Waals surface area contributed by atoms with Gasteiger partial charge in [-0.1, -0.05) is 13.3 Å². The minimum Gasteiger partial charge on any atom is -0.370 e. The van der Waals surface area contributed by atoms with Crippen molar-refractivity contribution in [2.45, 2.75) is 51.0 Å². The molecule has 100 valence electrons. The molecule has 1 aliphatic rings. The number of methoxy groups -OCH3 is 1. The molecule has 5 heteroatoms. The third kappa shape index (κ3) is 2.38. The van der Waals surface area contributed by atoms with Crippen LogP contribution in [0.25, 0.3) is 0 Å². The first kappa shape index (κ1) is 13.7.